The normalized spacial score (nSPS) is 16.0. The van der Waals surface area contributed by atoms with Gasteiger partial charge in [0.25, 0.3) is 0 Å². The first kappa shape index (κ1) is 14.1. The van der Waals surface area contributed by atoms with Crippen molar-refractivity contribution in [3.05, 3.63) is 89.5 Å². The predicted octanol–water partition coefficient (Wildman–Crippen LogP) is 5.63. The monoisotopic (exact) mass is 299 g/mol. The highest BCUT2D eigenvalue weighted by atomic mass is 15.0. The number of hydrogen-bond acceptors (Lipinski definition) is 1. The number of aryl methyl sites for hydroxylation is 1. The molecule has 0 spiro atoms. The van der Waals surface area contributed by atoms with Gasteiger partial charge < -0.3 is 5.32 Å². The zero-order valence-electron chi connectivity index (χ0n) is 13.4. The third-order valence-corrected chi connectivity index (χ3v) is 4.78. The van der Waals surface area contributed by atoms with Gasteiger partial charge in [-0.05, 0) is 40.7 Å². The molecule has 0 aromatic heterocycles. The third kappa shape index (κ3) is 2.63. The van der Waals surface area contributed by atoms with E-state index in [1.165, 1.54) is 33.5 Å². The van der Waals surface area contributed by atoms with Gasteiger partial charge in [0.1, 0.15) is 0 Å². The summed E-state index contributed by atoms with van der Waals surface area (Å²) < 4.78 is 0. The molecule has 1 nitrogen and oxygen atoms in total. The van der Waals surface area contributed by atoms with Gasteiger partial charge in [-0.15, -0.1) is 0 Å². The van der Waals surface area contributed by atoms with E-state index in [1.807, 2.05) is 0 Å². The first-order valence-corrected chi connectivity index (χ1v) is 8.38. The Kier molecular flexibility index (Phi) is 3.63. The third-order valence-electron chi connectivity index (χ3n) is 4.78. The minimum absolute atomic E-state index is 0.391. The summed E-state index contributed by atoms with van der Waals surface area (Å²) in [5, 5.41) is 3.73. The van der Waals surface area contributed by atoms with E-state index < -0.39 is 0 Å². The summed E-state index contributed by atoms with van der Waals surface area (Å²) in [4.78, 5) is 0. The zero-order valence-corrected chi connectivity index (χ0v) is 13.4. The minimum atomic E-state index is 0.391. The number of benzene rings is 3. The molecule has 0 bridgehead atoms. The van der Waals surface area contributed by atoms with Crippen LogP contribution >= 0.6 is 0 Å². The van der Waals surface area contributed by atoms with E-state index in [0.717, 1.165) is 12.8 Å². The molecule has 114 valence electrons. The average Bonchev–Trinajstić information content (AvgIpc) is 3.07. The molecule has 1 heteroatoms. The van der Waals surface area contributed by atoms with Gasteiger partial charge >= 0.3 is 0 Å². The number of nitrogens with one attached hydrogen (secondary N) is 1. The SMILES string of the molecule is CCc1cccc2c1NC(c1ccc(-c3ccccc3)cc1)C2. The number of rotatable bonds is 3. The highest BCUT2D eigenvalue weighted by Crippen LogP contribution is 2.37. The fraction of sp³-hybridized carbons (Fsp3) is 0.182. The smallest absolute Gasteiger partial charge is 0.0555 e. The van der Waals surface area contributed by atoms with Crippen molar-refractivity contribution in [2.45, 2.75) is 25.8 Å². The summed E-state index contributed by atoms with van der Waals surface area (Å²) >= 11 is 0. The van der Waals surface area contributed by atoms with Gasteiger partial charge in [0.2, 0.25) is 0 Å². The molecule has 4 rings (SSSR count). The van der Waals surface area contributed by atoms with Crippen molar-refractivity contribution in [1.29, 1.82) is 0 Å². The molecule has 0 saturated carbocycles. The summed E-state index contributed by atoms with van der Waals surface area (Å²) in [5.41, 5.74) is 8.14. The van der Waals surface area contributed by atoms with Crippen molar-refractivity contribution in [1.82, 2.24) is 0 Å². The lowest BCUT2D eigenvalue weighted by Crippen LogP contribution is -2.06. The molecule has 0 aliphatic carbocycles. The molecule has 1 aliphatic rings. The molecule has 1 atom stereocenters. The van der Waals surface area contributed by atoms with Crippen LogP contribution in [0.25, 0.3) is 11.1 Å². The fourth-order valence-electron chi connectivity index (χ4n) is 3.49. The highest BCUT2D eigenvalue weighted by molar-refractivity contribution is 5.66. The van der Waals surface area contributed by atoms with Crippen LogP contribution in [0.3, 0.4) is 0 Å². The van der Waals surface area contributed by atoms with Crippen LogP contribution in [0.15, 0.2) is 72.8 Å². The van der Waals surface area contributed by atoms with Gasteiger partial charge in [0, 0.05) is 5.69 Å². The Morgan fingerprint density at radius 1 is 0.826 bits per heavy atom. The highest BCUT2D eigenvalue weighted by Gasteiger charge is 2.23. The number of hydrogen-bond donors (Lipinski definition) is 1. The molecule has 3 aromatic carbocycles. The van der Waals surface area contributed by atoms with Crippen LogP contribution < -0.4 is 5.32 Å². The average molecular weight is 299 g/mol. The fourth-order valence-corrected chi connectivity index (χ4v) is 3.49. The molecule has 0 radical (unpaired) electrons. The molecule has 3 aromatic rings. The summed E-state index contributed by atoms with van der Waals surface area (Å²) in [5.74, 6) is 0. The standard InChI is InChI=1S/C22H21N/c1-2-16-9-6-10-20-15-21(23-22(16)20)19-13-11-18(12-14-19)17-7-4-3-5-8-17/h3-14,21,23H,2,15H2,1H3. The molecule has 0 amide bonds. The Balaban J connectivity index is 1.59. The van der Waals surface area contributed by atoms with E-state index in [0.29, 0.717) is 6.04 Å². The van der Waals surface area contributed by atoms with Crippen LogP contribution in [0.1, 0.15) is 29.7 Å². The summed E-state index contributed by atoms with van der Waals surface area (Å²) in [7, 11) is 0. The quantitative estimate of drug-likeness (QED) is 0.661. The molecule has 23 heavy (non-hydrogen) atoms. The molecule has 0 saturated heterocycles. The van der Waals surface area contributed by atoms with Crippen molar-refractivity contribution < 1.29 is 0 Å². The van der Waals surface area contributed by atoms with Gasteiger partial charge in [0.15, 0.2) is 0 Å². The first-order chi connectivity index (χ1) is 11.3. The van der Waals surface area contributed by atoms with Crippen molar-refractivity contribution in [3.63, 3.8) is 0 Å². The number of para-hydroxylation sites is 1. The zero-order chi connectivity index (χ0) is 15.6. The molecule has 1 aliphatic heterocycles. The lowest BCUT2D eigenvalue weighted by atomic mass is 9.98. The van der Waals surface area contributed by atoms with Crippen LogP contribution in [0.2, 0.25) is 0 Å². The maximum absolute atomic E-state index is 3.73. The van der Waals surface area contributed by atoms with Gasteiger partial charge in [-0.1, -0.05) is 79.7 Å². The molecule has 1 unspecified atom stereocenters. The summed E-state index contributed by atoms with van der Waals surface area (Å²) in [6, 6.07) is 26.6. The lowest BCUT2D eigenvalue weighted by Gasteiger charge is -2.13. The Bertz CT molecular complexity index is 803. The van der Waals surface area contributed by atoms with Crippen molar-refractivity contribution in [3.8, 4) is 11.1 Å². The predicted molar refractivity (Wildman–Crippen MR) is 97.8 cm³/mol. The van der Waals surface area contributed by atoms with Crippen LogP contribution in [0.4, 0.5) is 5.69 Å². The number of fused-ring (bicyclic) bond motifs is 1. The topological polar surface area (TPSA) is 12.0 Å². The van der Waals surface area contributed by atoms with Crippen LogP contribution in [0.5, 0.6) is 0 Å². The van der Waals surface area contributed by atoms with Crippen LogP contribution in [0, 0.1) is 0 Å². The van der Waals surface area contributed by atoms with E-state index in [4.69, 9.17) is 0 Å². The van der Waals surface area contributed by atoms with Crippen LogP contribution in [-0.4, -0.2) is 0 Å². The van der Waals surface area contributed by atoms with Gasteiger partial charge in [-0.3, -0.25) is 0 Å². The van der Waals surface area contributed by atoms with E-state index >= 15 is 0 Å². The van der Waals surface area contributed by atoms with Gasteiger partial charge in [-0.2, -0.15) is 0 Å². The van der Waals surface area contributed by atoms with E-state index in [1.54, 1.807) is 0 Å². The van der Waals surface area contributed by atoms with Crippen molar-refractivity contribution in [2.24, 2.45) is 0 Å². The Hall–Kier alpha value is -2.54. The Labute approximate surface area is 138 Å². The maximum atomic E-state index is 3.73. The van der Waals surface area contributed by atoms with Crippen molar-refractivity contribution in [2.75, 3.05) is 5.32 Å². The second-order valence-corrected chi connectivity index (χ2v) is 6.19. The van der Waals surface area contributed by atoms with Crippen molar-refractivity contribution >= 4 is 5.69 Å². The number of anilines is 1. The van der Waals surface area contributed by atoms with E-state index in [-0.39, 0.29) is 0 Å². The van der Waals surface area contributed by atoms with E-state index in [9.17, 15) is 0 Å². The Morgan fingerprint density at radius 2 is 1.57 bits per heavy atom. The maximum Gasteiger partial charge on any atom is 0.0555 e. The van der Waals surface area contributed by atoms with Gasteiger partial charge in [-0.25, -0.2) is 0 Å². The molecule has 0 fully saturated rings. The summed E-state index contributed by atoms with van der Waals surface area (Å²) in [6.45, 7) is 2.22. The Morgan fingerprint density at radius 3 is 2.30 bits per heavy atom. The lowest BCUT2D eigenvalue weighted by molar-refractivity contribution is 0.824. The molecular weight excluding hydrogens is 278 g/mol. The second kappa shape index (κ2) is 5.92. The molecule has 1 heterocycles. The second-order valence-electron chi connectivity index (χ2n) is 6.19. The van der Waals surface area contributed by atoms with E-state index in [2.05, 4.69) is 85.0 Å². The van der Waals surface area contributed by atoms with Gasteiger partial charge in [0.05, 0.1) is 6.04 Å². The van der Waals surface area contributed by atoms with Crippen LogP contribution in [-0.2, 0) is 12.8 Å². The minimum Gasteiger partial charge on any atom is -0.377 e. The molecule has 1 N–H and O–H groups in total. The first-order valence-electron chi connectivity index (χ1n) is 8.38. The summed E-state index contributed by atoms with van der Waals surface area (Å²) in [6.07, 6.45) is 2.16. The molecular formula is C22H21N. The largest absolute Gasteiger partial charge is 0.377 e.